The molecule has 4 aromatic rings. The Morgan fingerprint density at radius 1 is 0.581 bits per heavy atom. The van der Waals surface area contributed by atoms with E-state index in [9.17, 15) is 0 Å². The number of allylic oxidation sites excluding steroid dienone is 10. The van der Waals surface area contributed by atoms with Gasteiger partial charge in [0.1, 0.15) is 0 Å². The van der Waals surface area contributed by atoms with Gasteiger partial charge in [0.15, 0.2) is 0 Å². The summed E-state index contributed by atoms with van der Waals surface area (Å²) in [6, 6.07) is 22.6. The van der Waals surface area contributed by atoms with Crippen molar-refractivity contribution in [3.05, 3.63) is 165 Å². The van der Waals surface area contributed by atoms with Crippen LogP contribution in [0.15, 0.2) is 120 Å². The molecule has 5 heteroatoms. The van der Waals surface area contributed by atoms with Crippen LogP contribution >= 0.6 is 22.7 Å². The third kappa shape index (κ3) is 6.73. The predicted molar refractivity (Wildman–Crippen MR) is 172 cm³/mol. The minimum Gasteiger partial charge on any atom is -1.00 e. The molecule has 4 aliphatic carbocycles. The SMILES string of the molecule is CCc1ccc(-c2ccc3c(c2)[C-]=C2C=CC=CC23)s1.CCc1ccc(-c2ccc3c(c2)[C-]=C2C=CC=CC23)s1.[Cl-].[Cl-].[Zr+4]. The van der Waals surface area contributed by atoms with Crippen LogP contribution in [0.5, 0.6) is 0 Å². The monoisotopic (exact) mass is 710 g/mol. The first-order valence-corrected chi connectivity index (χ1v) is 15.8. The van der Waals surface area contributed by atoms with E-state index < -0.39 is 0 Å². The van der Waals surface area contributed by atoms with Crippen LogP contribution in [0.4, 0.5) is 0 Å². The second-order valence-corrected chi connectivity index (χ2v) is 12.8. The van der Waals surface area contributed by atoms with Crippen LogP contribution in [0.1, 0.15) is 57.7 Å². The summed E-state index contributed by atoms with van der Waals surface area (Å²) in [6.45, 7) is 4.42. The van der Waals surface area contributed by atoms with Crippen molar-refractivity contribution in [1.29, 1.82) is 0 Å². The number of rotatable bonds is 4. The summed E-state index contributed by atoms with van der Waals surface area (Å²) in [7, 11) is 0. The Morgan fingerprint density at radius 3 is 1.42 bits per heavy atom. The molecule has 0 saturated carbocycles. The Bertz CT molecular complexity index is 1660. The fourth-order valence-corrected chi connectivity index (χ4v) is 7.69. The van der Waals surface area contributed by atoms with Crippen molar-refractivity contribution in [3.63, 3.8) is 0 Å². The molecule has 0 bridgehead atoms. The fourth-order valence-electron chi connectivity index (χ4n) is 5.80. The summed E-state index contributed by atoms with van der Waals surface area (Å²) < 4.78 is 0. The Balaban J connectivity index is 0.000000184. The van der Waals surface area contributed by atoms with E-state index in [2.05, 4.69) is 135 Å². The molecule has 2 heterocycles. The zero-order chi connectivity index (χ0) is 27.1. The summed E-state index contributed by atoms with van der Waals surface area (Å²) in [5.74, 6) is 0.831. The first kappa shape index (κ1) is 33.6. The largest absolute Gasteiger partial charge is 4.00 e. The van der Waals surface area contributed by atoms with Gasteiger partial charge in [-0.2, -0.15) is 0 Å². The normalized spacial score (nSPS) is 17.5. The van der Waals surface area contributed by atoms with Crippen LogP contribution in [-0.2, 0) is 39.0 Å². The summed E-state index contributed by atoms with van der Waals surface area (Å²) in [5, 5.41) is 0. The molecule has 0 radical (unpaired) electrons. The number of aryl methyl sites for hydroxylation is 2. The van der Waals surface area contributed by atoms with Crippen molar-refractivity contribution in [3.8, 4) is 20.9 Å². The molecule has 4 aliphatic rings. The number of hydrogen-bond donors (Lipinski definition) is 0. The van der Waals surface area contributed by atoms with Crippen LogP contribution in [0, 0.1) is 12.2 Å². The Labute approximate surface area is 295 Å². The zero-order valence-electron chi connectivity index (χ0n) is 24.0. The van der Waals surface area contributed by atoms with E-state index in [0.29, 0.717) is 11.8 Å². The minimum absolute atomic E-state index is 0. The molecule has 0 amide bonds. The molecule has 0 N–H and O–H groups in total. The van der Waals surface area contributed by atoms with Gasteiger partial charge < -0.3 is 24.8 Å². The van der Waals surface area contributed by atoms with E-state index in [1.807, 2.05) is 22.7 Å². The van der Waals surface area contributed by atoms with Crippen LogP contribution in [-0.4, -0.2) is 0 Å². The summed E-state index contributed by atoms with van der Waals surface area (Å²) in [5.41, 5.74) is 10.5. The molecule has 2 atom stereocenters. The van der Waals surface area contributed by atoms with E-state index in [0.717, 1.165) is 12.8 Å². The van der Waals surface area contributed by atoms with Crippen molar-refractivity contribution >= 4 is 22.7 Å². The predicted octanol–water partition coefficient (Wildman–Crippen LogP) is 4.56. The van der Waals surface area contributed by atoms with Gasteiger partial charge in [0.25, 0.3) is 0 Å². The van der Waals surface area contributed by atoms with Crippen molar-refractivity contribution in [2.45, 2.75) is 38.5 Å². The zero-order valence-corrected chi connectivity index (χ0v) is 29.6. The molecular weight excluding hydrogens is 683 g/mol. The van der Waals surface area contributed by atoms with Crippen molar-refractivity contribution in [2.75, 3.05) is 0 Å². The molecule has 2 aromatic heterocycles. The van der Waals surface area contributed by atoms with E-state index in [-0.39, 0.29) is 51.0 Å². The summed E-state index contributed by atoms with van der Waals surface area (Å²) in [6.07, 6.45) is 26.6. The Morgan fingerprint density at radius 2 is 1.02 bits per heavy atom. The average molecular weight is 713 g/mol. The quantitative estimate of drug-likeness (QED) is 0.273. The van der Waals surface area contributed by atoms with E-state index in [1.54, 1.807) is 0 Å². The third-order valence-electron chi connectivity index (χ3n) is 7.98. The van der Waals surface area contributed by atoms with E-state index in [4.69, 9.17) is 0 Å². The molecule has 43 heavy (non-hydrogen) atoms. The van der Waals surface area contributed by atoms with Gasteiger partial charge >= 0.3 is 26.2 Å². The minimum atomic E-state index is 0. The van der Waals surface area contributed by atoms with Gasteiger partial charge in [-0.05, 0) is 48.9 Å². The Hall–Kier alpha value is -2.26. The van der Waals surface area contributed by atoms with Gasteiger partial charge in [0.2, 0.25) is 0 Å². The summed E-state index contributed by atoms with van der Waals surface area (Å²) in [4.78, 5) is 5.61. The maximum Gasteiger partial charge on any atom is 4.00 e. The number of thiophene rings is 2. The molecule has 0 spiro atoms. The number of fused-ring (bicyclic) bond motifs is 6. The van der Waals surface area contributed by atoms with Gasteiger partial charge in [-0.25, -0.2) is 0 Å². The van der Waals surface area contributed by atoms with Gasteiger partial charge in [-0.15, -0.1) is 105 Å². The molecule has 0 nitrogen and oxygen atoms in total. The second-order valence-electron chi connectivity index (χ2n) is 10.4. The van der Waals surface area contributed by atoms with Crippen molar-refractivity contribution in [1.82, 2.24) is 0 Å². The summed E-state index contributed by atoms with van der Waals surface area (Å²) >= 11 is 3.79. The topological polar surface area (TPSA) is 0 Å². The van der Waals surface area contributed by atoms with Gasteiger partial charge in [0, 0.05) is 19.5 Å². The fraction of sp³-hybridized carbons (Fsp3) is 0.158. The maximum atomic E-state index is 3.55. The average Bonchev–Trinajstić information content (AvgIpc) is 3.80. The van der Waals surface area contributed by atoms with Crippen molar-refractivity contribution < 1.29 is 51.0 Å². The molecule has 0 fully saturated rings. The first-order valence-electron chi connectivity index (χ1n) is 14.1. The van der Waals surface area contributed by atoms with E-state index >= 15 is 0 Å². The van der Waals surface area contributed by atoms with Crippen LogP contribution < -0.4 is 24.8 Å². The smallest absolute Gasteiger partial charge is 1.00 e. The number of hydrogen-bond acceptors (Lipinski definition) is 2. The van der Waals surface area contributed by atoms with Gasteiger partial charge in [-0.1, -0.05) is 73.5 Å². The molecule has 8 rings (SSSR count). The standard InChI is InChI=1S/2C19H15S.2ClH.Zr/c2*1-2-16-8-10-19(20-16)14-7-9-18-15(12-14)11-13-5-3-4-6-17(13)18;;;/h2*3-10,12,17H,2H2,1H3;2*1H;/q2*-1;;;+4/p-2. The molecule has 2 unspecified atom stereocenters. The van der Waals surface area contributed by atoms with Crippen molar-refractivity contribution in [2.24, 2.45) is 0 Å². The third-order valence-corrected chi connectivity index (χ3v) is 10.5. The van der Waals surface area contributed by atoms with Gasteiger partial charge in [-0.3, -0.25) is 0 Å². The Kier molecular flexibility index (Phi) is 11.5. The number of halogens is 2. The van der Waals surface area contributed by atoms with Crippen LogP contribution in [0.25, 0.3) is 20.9 Å². The maximum absolute atomic E-state index is 3.55. The van der Waals surface area contributed by atoms with Gasteiger partial charge in [0.05, 0.1) is 0 Å². The molecule has 2 aromatic carbocycles. The van der Waals surface area contributed by atoms with E-state index in [1.165, 1.54) is 64.0 Å². The molecular formula is C38H30Cl2S2Zr. The van der Waals surface area contributed by atoms with Crippen LogP contribution in [0.2, 0.25) is 0 Å². The molecule has 0 saturated heterocycles. The first-order chi connectivity index (χ1) is 19.7. The second kappa shape index (κ2) is 14.7. The number of benzene rings is 2. The molecule has 0 aliphatic heterocycles. The van der Waals surface area contributed by atoms with Crippen LogP contribution in [0.3, 0.4) is 0 Å². The molecule has 212 valence electrons.